The molecule has 2 amide bonds. The molecule has 39 heavy (non-hydrogen) atoms. The summed E-state index contributed by atoms with van der Waals surface area (Å²) < 4.78 is 17.1. The molecule has 0 fully saturated rings. The highest BCUT2D eigenvalue weighted by atomic mass is 16.5. The van der Waals surface area contributed by atoms with Crippen LogP contribution in [-0.2, 0) is 24.5 Å². The molecule has 0 aromatic heterocycles. The molecule has 1 aliphatic carbocycles. The SMILES string of the molecule is COCCOCCOc1ccccc1C1(c2ccccc2)C(c2ccccc2)=C(C)C2=C(C(=O)NC2=O)C1C. The molecule has 1 heterocycles. The van der Waals surface area contributed by atoms with Crippen LogP contribution in [0, 0.1) is 5.92 Å². The molecule has 3 aromatic carbocycles. The molecule has 6 heteroatoms. The Morgan fingerprint density at radius 2 is 1.44 bits per heavy atom. The number of amides is 2. The Balaban J connectivity index is 1.75. The summed E-state index contributed by atoms with van der Waals surface area (Å²) in [5, 5.41) is 2.56. The summed E-state index contributed by atoms with van der Waals surface area (Å²) in [6, 6.07) is 28.3. The van der Waals surface area contributed by atoms with Gasteiger partial charge in [0, 0.05) is 24.2 Å². The van der Waals surface area contributed by atoms with Crippen LogP contribution in [0.15, 0.2) is 102 Å². The molecule has 2 aliphatic rings. The number of allylic oxidation sites excluding steroid dienone is 1. The van der Waals surface area contributed by atoms with E-state index in [1.165, 1.54) is 0 Å². The third-order valence-corrected chi connectivity index (χ3v) is 7.72. The zero-order valence-corrected chi connectivity index (χ0v) is 22.5. The third kappa shape index (κ3) is 4.60. The summed E-state index contributed by atoms with van der Waals surface area (Å²) in [6.07, 6.45) is 0. The van der Waals surface area contributed by atoms with Gasteiger partial charge in [-0.1, -0.05) is 85.8 Å². The van der Waals surface area contributed by atoms with Gasteiger partial charge < -0.3 is 14.2 Å². The minimum atomic E-state index is -0.818. The van der Waals surface area contributed by atoms with Crippen molar-refractivity contribution in [2.75, 3.05) is 33.5 Å². The van der Waals surface area contributed by atoms with E-state index in [0.29, 0.717) is 43.3 Å². The number of carbonyl (C=O) groups is 2. The molecule has 0 saturated carbocycles. The van der Waals surface area contributed by atoms with E-state index in [-0.39, 0.29) is 17.7 Å². The topological polar surface area (TPSA) is 73.9 Å². The fraction of sp³-hybridized carbons (Fsp3) is 0.273. The van der Waals surface area contributed by atoms with Crippen LogP contribution in [0.2, 0.25) is 0 Å². The highest BCUT2D eigenvalue weighted by Crippen LogP contribution is 2.59. The maximum atomic E-state index is 13.3. The fourth-order valence-corrected chi connectivity index (χ4v) is 6.15. The highest BCUT2D eigenvalue weighted by molar-refractivity contribution is 6.23. The first-order valence-corrected chi connectivity index (χ1v) is 13.2. The van der Waals surface area contributed by atoms with Gasteiger partial charge in [-0.25, -0.2) is 0 Å². The first kappa shape index (κ1) is 26.6. The first-order chi connectivity index (χ1) is 19.0. The van der Waals surface area contributed by atoms with Crippen molar-refractivity contribution in [2.24, 2.45) is 5.92 Å². The Morgan fingerprint density at radius 1 is 0.795 bits per heavy atom. The number of hydrogen-bond acceptors (Lipinski definition) is 5. The minimum absolute atomic E-state index is 0.334. The van der Waals surface area contributed by atoms with Crippen LogP contribution in [0.1, 0.15) is 30.5 Å². The normalized spacial score (nSPS) is 20.7. The van der Waals surface area contributed by atoms with Crippen LogP contribution in [0.3, 0.4) is 0 Å². The lowest BCUT2D eigenvalue weighted by Gasteiger charge is -2.47. The molecule has 0 radical (unpaired) electrons. The predicted octanol–water partition coefficient (Wildman–Crippen LogP) is 5.09. The summed E-state index contributed by atoms with van der Waals surface area (Å²) in [7, 11) is 1.64. The Morgan fingerprint density at radius 3 is 2.15 bits per heavy atom. The number of hydrogen-bond donors (Lipinski definition) is 1. The second kappa shape index (κ2) is 11.4. The fourth-order valence-electron chi connectivity index (χ4n) is 6.15. The van der Waals surface area contributed by atoms with Gasteiger partial charge in [-0.05, 0) is 35.3 Å². The Kier molecular flexibility index (Phi) is 7.77. The van der Waals surface area contributed by atoms with Gasteiger partial charge >= 0.3 is 0 Å². The average Bonchev–Trinajstić information content (AvgIpc) is 3.27. The van der Waals surface area contributed by atoms with Crippen molar-refractivity contribution in [2.45, 2.75) is 19.3 Å². The van der Waals surface area contributed by atoms with Crippen molar-refractivity contribution in [3.8, 4) is 5.75 Å². The van der Waals surface area contributed by atoms with Crippen LogP contribution in [-0.4, -0.2) is 45.4 Å². The monoisotopic (exact) mass is 523 g/mol. The lowest BCUT2D eigenvalue weighted by atomic mass is 9.54. The number of para-hydroxylation sites is 1. The number of ether oxygens (including phenoxy) is 3. The molecule has 0 spiro atoms. The van der Waals surface area contributed by atoms with E-state index in [1.54, 1.807) is 7.11 Å². The smallest absolute Gasteiger partial charge is 0.258 e. The van der Waals surface area contributed by atoms with Gasteiger partial charge in [0.25, 0.3) is 11.8 Å². The average molecular weight is 524 g/mol. The minimum Gasteiger partial charge on any atom is -0.491 e. The quantitative estimate of drug-likeness (QED) is 0.296. The van der Waals surface area contributed by atoms with Crippen LogP contribution in [0.4, 0.5) is 0 Å². The van der Waals surface area contributed by atoms with E-state index >= 15 is 0 Å². The highest BCUT2D eigenvalue weighted by Gasteiger charge is 2.54. The molecule has 5 rings (SSSR count). The maximum absolute atomic E-state index is 13.3. The Bertz CT molecular complexity index is 1430. The molecule has 2 unspecified atom stereocenters. The standard InChI is InChI=1S/C33H33NO5/c1-22-28-29(32(36)34-31(28)35)23(2)33(25-14-8-5-9-15-25,30(22)24-12-6-4-7-13-24)26-16-10-11-17-27(26)39-21-20-38-19-18-37-3/h4-17,23H,18-21H2,1-3H3,(H,34,35,36). The number of methoxy groups -OCH3 is 1. The number of imide groups is 1. The van der Waals surface area contributed by atoms with E-state index in [2.05, 4.69) is 35.6 Å². The van der Waals surface area contributed by atoms with E-state index < -0.39 is 5.41 Å². The number of benzene rings is 3. The lowest BCUT2D eigenvalue weighted by molar-refractivity contribution is -0.124. The summed E-state index contributed by atoms with van der Waals surface area (Å²) in [5.41, 5.74) is 4.88. The number of rotatable bonds is 10. The van der Waals surface area contributed by atoms with Crippen LogP contribution in [0.5, 0.6) is 5.75 Å². The van der Waals surface area contributed by atoms with Gasteiger partial charge in [-0.3, -0.25) is 14.9 Å². The van der Waals surface area contributed by atoms with Crippen molar-refractivity contribution >= 4 is 17.4 Å². The Hall–Kier alpha value is -4.00. The van der Waals surface area contributed by atoms with E-state index in [4.69, 9.17) is 14.2 Å². The summed E-state index contributed by atoms with van der Waals surface area (Å²) in [4.78, 5) is 26.4. The van der Waals surface area contributed by atoms with Crippen LogP contribution < -0.4 is 10.1 Å². The van der Waals surface area contributed by atoms with Gasteiger partial charge in [0.05, 0.1) is 30.8 Å². The van der Waals surface area contributed by atoms with Crippen molar-refractivity contribution in [1.29, 1.82) is 0 Å². The maximum Gasteiger partial charge on any atom is 0.258 e. The summed E-state index contributed by atoms with van der Waals surface area (Å²) in [6.45, 7) is 5.78. The summed E-state index contributed by atoms with van der Waals surface area (Å²) >= 11 is 0. The van der Waals surface area contributed by atoms with E-state index in [0.717, 1.165) is 27.8 Å². The van der Waals surface area contributed by atoms with E-state index in [1.807, 2.05) is 68.4 Å². The zero-order chi connectivity index (χ0) is 27.4. The van der Waals surface area contributed by atoms with Crippen molar-refractivity contribution in [3.63, 3.8) is 0 Å². The lowest BCUT2D eigenvalue weighted by Crippen LogP contribution is -2.42. The van der Waals surface area contributed by atoms with E-state index in [9.17, 15) is 9.59 Å². The van der Waals surface area contributed by atoms with Crippen LogP contribution >= 0.6 is 0 Å². The van der Waals surface area contributed by atoms with Crippen molar-refractivity contribution in [3.05, 3.63) is 118 Å². The molecular weight excluding hydrogens is 490 g/mol. The first-order valence-electron chi connectivity index (χ1n) is 13.2. The molecule has 200 valence electrons. The number of nitrogens with one attached hydrogen (secondary N) is 1. The molecule has 1 aliphatic heterocycles. The predicted molar refractivity (Wildman–Crippen MR) is 150 cm³/mol. The second-order valence-electron chi connectivity index (χ2n) is 9.78. The van der Waals surface area contributed by atoms with Gasteiger partial charge in [0.2, 0.25) is 0 Å². The molecule has 1 N–H and O–H groups in total. The van der Waals surface area contributed by atoms with Gasteiger partial charge in [0.15, 0.2) is 0 Å². The largest absolute Gasteiger partial charge is 0.491 e. The van der Waals surface area contributed by atoms with Crippen molar-refractivity contribution in [1.82, 2.24) is 5.32 Å². The zero-order valence-electron chi connectivity index (χ0n) is 22.5. The molecule has 6 nitrogen and oxygen atoms in total. The molecule has 0 saturated heterocycles. The molecule has 0 bridgehead atoms. The third-order valence-electron chi connectivity index (χ3n) is 7.72. The second-order valence-corrected chi connectivity index (χ2v) is 9.78. The molecule has 2 atom stereocenters. The molecular formula is C33H33NO5. The van der Waals surface area contributed by atoms with Gasteiger partial charge in [0.1, 0.15) is 12.4 Å². The number of carbonyl (C=O) groups excluding carboxylic acids is 2. The summed E-state index contributed by atoms with van der Waals surface area (Å²) in [5.74, 6) is -0.340. The Labute approximate surface area is 229 Å². The van der Waals surface area contributed by atoms with Crippen LogP contribution in [0.25, 0.3) is 5.57 Å². The van der Waals surface area contributed by atoms with Crippen molar-refractivity contribution < 1.29 is 23.8 Å². The molecule has 3 aromatic rings. The van der Waals surface area contributed by atoms with Gasteiger partial charge in [-0.2, -0.15) is 0 Å². The van der Waals surface area contributed by atoms with Gasteiger partial charge in [-0.15, -0.1) is 0 Å².